The first-order valence-electron chi connectivity index (χ1n) is 5.93. The van der Waals surface area contributed by atoms with Gasteiger partial charge in [-0.1, -0.05) is 12.2 Å². The molecule has 0 aromatic rings. The van der Waals surface area contributed by atoms with E-state index in [4.69, 9.17) is 4.74 Å². The fourth-order valence-corrected chi connectivity index (χ4v) is 2.27. The van der Waals surface area contributed by atoms with Crippen LogP contribution < -0.4 is 5.32 Å². The summed E-state index contributed by atoms with van der Waals surface area (Å²) in [5.74, 6) is 0.749. The summed E-state index contributed by atoms with van der Waals surface area (Å²) in [5, 5.41) is 3.62. The van der Waals surface area contributed by atoms with E-state index in [1.54, 1.807) is 0 Å². The zero-order valence-corrected chi connectivity index (χ0v) is 8.87. The van der Waals surface area contributed by atoms with E-state index in [2.05, 4.69) is 17.5 Å². The Kier molecular flexibility index (Phi) is 4.02. The zero-order chi connectivity index (χ0) is 9.64. The van der Waals surface area contributed by atoms with Crippen molar-refractivity contribution in [1.82, 2.24) is 5.32 Å². The molecule has 1 aliphatic heterocycles. The smallest absolute Gasteiger partial charge is 0.0506 e. The molecule has 2 nitrogen and oxygen atoms in total. The second-order valence-electron chi connectivity index (χ2n) is 4.46. The lowest BCUT2D eigenvalue weighted by molar-refractivity contribution is 0.0541. The van der Waals surface area contributed by atoms with Gasteiger partial charge in [0.1, 0.15) is 0 Å². The number of allylic oxidation sites excluding steroid dienone is 1. The van der Waals surface area contributed by atoms with Crippen LogP contribution in [0.5, 0.6) is 0 Å². The summed E-state index contributed by atoms with van der Waals surface area (Å²) in [4.78, 5) is 0. The van der Waals surface area contributed by atoms with Crippen molar-refractivity contribution in [2.45, 2.75) is 38.1 Å². The van der Waals surface area contributed by atoms with Crippen molar-refractivity contribution in [3.05, 3.63) is 12.2 Å². The molecule has 2 rings (SSSR count). The van der Waals surface area contributed by atoms with E-state index >= 15 is 0 Å². The van der Waals surface area contributed by atoms with E-state index in [1.165, 1.54) is 32.1 Å². The van der Waals surface area contributed by atoms with Crippen LogP contribution >= 0.6 is 0 Å². The molecule has 1 saturated heterocycles. The number of ether oxygens (including phenoxy) is 1. The molecule has 0 aromatic carbocycles. The molecule has 1 fully saturated rings. The summed E-state index contributed by atoms with van der Waals surface area (Å²) in [5.41, 5.74) is 0. The number of hydrogen-bond donors (Lipinski definition) is 1. The third kappa shape index (κ3) is 3.10. The van der Waals surface area contributed by atoms with Crippen molar-refractivity contribution >= 4 is 0 Å². The predicted octanol–water partition coefficient (Wildman–Crippen LogP) is 2.11. The molecule has 1 heterocycles. The minimum absolute atomic E-state index is 0.630. The van der Waals surface area contributed by atoms with Gasteiger partial charge in [0.25, 0.3) is 0 Å². The standard InChI is InChI=1S/C12H21NO/c1-2-6-12(7-3-1)13-9-11-5-4-8-14-10-11/h2,6,11-13H,1,3-5,7-10H2. The maximum atomic E-state index is 5.46. The van der Waals surface area contributed by atoms with Crippen LogP contribution in [0.25, 0.3) is 0 Å². The summed E-state index contributed by atoms with van der Waals surface area (Å²) >= 11 is 0. The quantitative estimate of drug-likeness (QED) is 0.696. The average Bonchev–Trinajstić information content (AvgIpc) is 2.29. The predicted molar refractivity (Wildman–Crippen MR) is 58.3 cm³/mol. The van der Waals surface area contributed by atoms with Gasteiger partial charge >= 0.3 is 0 Å². The number of hydrogen-bond acceptors (Lipinski definition) is 2. The van der Waals surface area contributed by atoms with E-state index in [9.17, 15) is 0 Å². The van der Waals surface area contributed by atoms with Gasteiger partial charge in [-0.2, -0.15) is 0 Å². The lowest BCUT2D eigenvalue weighted by Gasteiger charge is -2.25. The van der Waals surface area contributed by atoms with Crippen LogP contribution in [0.15, 0.2) is 12.2 Å². The Morgan fingerprint density at radius 2 is 2.29 bits per heavy atom. The van der Waals surface area contributed by atoms with Crippen molar-refractivity contribution in [2.75, 3.05) is 19.8 Å². The van der Waals surface area contributed by atoms with E-state index in [1.807, 2.05) is 0 Å². The fourth-order valence-electron chi connectivity index (χ4n) is 2.27. The van der Waals surface area contributed by atoms with Crippen LogP contribution in [0.3, 0.4) is 0 Å². The molecule has 0 radical (unpaired) electrons. The molecule has 80 valence electrons. The van der Waals surface area contributed by atoms with Gasteiger partial charge < -0.3 is 10.1 Å². The first-order chi connectivity index (χ1) is 6.95. The molecule has 2 atom stereocenters. The molecule has 0 aromatic heterocycles. The second-order valence-corrected chi connectivity index (χ2v) is 4.46. The highest BCUT2D eigenvalue weighted by Gasteiger charge is 2.15. The Hall–Kier alpha value is -0.340. The molecule has 1 N–H and O–H groups in total. The summed E-state index contributed by atoms with van der Waals surface area (Å²) in [6, 6.07) is 0.630. The molecule has 0 amide bonds. The molecule has 2 aliphatic rings. The van der Waals surface area contributed by atoms with E-state index < -0.39 is 0 Å². The van der Waals surface area contributed by atoms with Gasteiger partial charge in [0.05, 0.1) is 6.61 Å². The Balaban J connectivity index is 1.65. The van der Waals surface area contributed by atoms with Crippen LogP contribution in [-0.4, -0.2) is 25.8 Å². The van der Waals surface area contributed by atoms with Gasteiger partial charge in [0, 0.05) is 19.2 Å². The summed E-state index contributed by atoms with van der Waals surface area (Å²) in [6.07, 6.45) is 11.1. The van der Waals surface area contributed by atoms with Gasteiger partial charge in [-0.25, -0.2) is 0 Å². The zero-order valence-electron chi connectivity index (χ0n) is 8.87. The Morgan fingerprint density at radius 3 is 3.00 bits per heavy atom. The molecule has 0 saturated carbocycles. The summed E-state index contributed by atoms with van der Waals surface area (Å²) in [6.45, 7) is 3.07. The summed E-state index contributed by atoms with van der Waals surface area (Å²) < 4.78 is 5.46. The normalized spacial score (nSPS) is 33.1. The number of rotatable bonds is 3. The average molecular weight is 195 g/mol. The maximum absolute atomic E-state index is 5.46. The minimum Gasteiger partial charge on any atom is -0.381 e. The Labute approximate surface area is 86.7 Å². The topological polar surface area (TPSA) is 21.3 Å². The summed E-state index contributed by atoms with van der Waals surface area (Å²) in [7, 11) is 0. The maximum Gasteiger partial charge on any atom is 0.0506 e. The highest BCUT2D eigenvalue weighted by molar-refractivity contribution is 4.97. The van der Waals surface area contributed by atoms with Crippen molar-refractivity contribution in [3.8, 4) is 0 Å². The van der Waals surface area contributed by atoms with Crippen LogP contribution in [0.4, 0.5) is 0 Å². The first-order valence-corrected chi connectivity index (χ1v) is 5.93. The third-order valence-electron chi connectivity index (χ3n) is 3.18. The molecule has 14 heavy (non-hydrogen) atoms. The second kappa shape index (κ2) is 5.52. The van der Waals surface area contributed by atoms with E-state index in [-0.39, 0.29) is 0 Å². The fraction of sp³-hybridized carbons (Fsp3) is 0.833. The monoisotopic (exact) mass is 195 g/mol. The van der Waals surface area contributed by atoms with E-state index in [0.717, 1.165) is 25.7 Å². The lowest BCUT2D eigenvalue weighted by atomic mass is 9.99. The Morgan fingerprint density at radius 1 is 1.29 bits per heavy atom. The lowest BCUT2D eigenvalue weighted by Crippen LogP contribution is -2.35. The van der Waals surface area contributed by atoms with Crippen LogP contribution in [0.1, 0.15) is 32.1 Å². The third-order valence-corrected chi connectivity index (χ3v) is 3.18. The van der Waals surface area contributed by atoms with Gasteiger partial charge in [-0.15, -0.1) is 0 Å². The largest absolute Gasteiger partial charge is 0.381 e. The highest BCUT2D eigenvalue weighted by Crippen LogP contribution is 2.14. The first kappa shape index (κ1) is 10.2. The van der Waals surface area contributed by atoms with Crippen molar-refractivity contribution in [3.63, 3.8) is 0 Å². The van der Waals surface area contributed by atoms with Crippen molar-refractivity contribution in [1.29, 1.82) is 0 Å². The number of nitrogens with one attached hydrogen (secondary N) is 1. The SMILES string of the molecule is C1=CC(NCC2CCCOC2)CCC1. The van der Waals surface area contributed by atoms with Crippen LogP contribution in [0.2, 0.25) is 0 Å². The molecule has 2 unspecified atom stereocenters. The minimum atomic E-state index is 0.630. The van der Waals surface area contributed by atoms with Gasteiger partial charge in [0.2, 0.25) is 0 Å². The molecule has 0 spiro atoms. The molecule has 1 aliphatic carbocycles. The highest BCUT2D eigenvalue weighted by atomic mass is 16.5. The Bertz CT molecular complexity index is 185. The van der Waals surface area contributed by atoms with Gasteiger partial charge in [-0.3, -0.25) is 0 Å². The van der Waals surface area contributed by atoms with Crippen LogP contribution in [-0.2, 0) is 4.74 Å². The molecule has 2 heteroatoms. The van der Waals surface area contributed by atoms with Crippen molar-refractivity contribution in [2.24, 2.45) is 5.92 Å². The van der Waals surface area contributed by atoms with Gasteiger partial charge in [-0.05, 0) is 38.0 Å². The molecular formula is C12H21NO. The van der Waals surface area contributed by atoms with E-state index in [0.29, 0.717) is 6.04 Å². The van der Waals surface area contributed by atoms with Crippen molar-refractivity contribution < 1.29 is 4.74 Å². The molecular weight excluding hydrogens is 174 g/mol. The van der Waals surface area contributed by atoms with Gasteiger partial charge in [0.15, 0.2) is 0 Å². The molecule has 0 bridgehead atoms. The van der Waals surface area contributed by atoms with Crippen LogP contribution in [0, 0.1) is 5.92 Å².